The first-order valence-electron chi connectivity index (χ1n) is 5.54. The largest absolute Gasteiger partial charge is 0.368 e. The van der Waals surface area contributed by atoms with Crippen LogP contribution in [0.3, 0.4) is 0 Å². The first kappa shape index (κ1) is 14.1. The van der Waals surface area contributed by atoms with Crippen LogP contribution in [-0.4, -0.2) is 10.6 Å². The van der Waals surface area contributed by atoms with E-state index in [0.29, 0.717) is 12.8 Å². The van der Waals surface area contributed by atoms with Gasteiger partial charge in [-0.1, -0.05) is 46.0 Å². The highest BCUT2D eigenvalue weighted by Crippen LogP contribution is 2.51. The highest BCUT2D eigenvalue weighted by molar-refractivity contribution is 7.53. The van der Waals surface area contributed by atoms with Crippen molar-refractivity contribution in [2.75, 3.05) is 0 Å². The molecule has 0 aromatic rings. The van der Waals surface area contributed by atoms with Crippen molar-refractivity contribution in [3.8, 4) is 0 Å². The van der Waals surface area contributed by atoms with Crippen LogP contribution in [0.2, 0.25) is 0 Å². The Morgan fingerprint density at radius 3 is 2.21 bits per heavy atom. The van der Waals surface area contributed by atoms with Crippen LogP contribution < -0.4 is 0 Å². The number of halogens is 1. The minimum atomic E-state index is -4.33. The van der Waals surface area contributed by atoms with Gasteiger partial charge in [0, 0.05) is 0 Å². The van der Waals surface area contributed by atoms with Crippen LogP contribution in [0.15, 0.2) is 0 Å². The first-order valence-corrected chi connectivity index (χ1v) is 7.16. The third kappa shape index (κ3) is 6.56. The SMILES string of the molecule is CCCCCCCC(CC)P(=O)(O)F. The van der Waals surface area contributed by atoms with Gasteiger partial charge in [-0.15, -0.1) is 0 Å². The number of hydrogen-bond acceptors (Lipinski definition) is 1. The second kappa shape index (κ2) is 7.42. The summed E-state index contributed by atoms with van der Waals surface area (Å²) in [6, 6.07) is 0. The average molecular weight is 224 g/mol. The maximum absolute atomic E-state index is 12.7. The molecule has 2 unspecified atom stereocenters. The molecule has 0 saturated carbocycles. The van der Waals surface area contributed by atoms with E-state index in [9.17, 15) is 8.76 Å². The van der Waals surface area contributed by atoms with Crippen molar-refractivity contribution in [1.29, 1.82) is 0 Å². The van der Waals surface area contributed by atoms with Crippen LogP contribution in [0, 0.1) is 0 Å². The number of unbranched alkanes of at least 4 members (excludes halogenated alkanes) is 4. The van der Waals surface area contributed by atoms with Gasteiger partial charge in [0.05, 0.1) is 5.66 Å². The number of hydrogen-bond donors (Lipinski definition) is 1. The van der Waals surface area contributed by atoms with Crippen molar-refractivity contribution >= 4 is 7.68 Å². The minimum absolute atomic E-state index is 0.456. The molecule has 0 rings (SSSR count). The lowest BCUT2D eigenvalue weighted by Crippen LogP contribution is -2.04. The fraction of sp³-hybridized carbons (Fsp3) is 1.00. The maximum atomic E-state index is 12.7. The lowest BCUT2D eigenvalue weighted by molar-refractivity contribution is 0.402. The molecule has 2 nitrogen and oxygen atoms in total. The van der Waals surface area contributed by atoms with Crippen LogP contribution >= 0.6 is 7.68 Å². The van der Waals surface area contributed by atoms with Crippen molar-refractivity contribution in [3.63, 3.8) is 0 Å². The molecule has 14 heavy (non-hydrogen) atoms. The van der Waals surface area contributed by atoms with E-state index >= 15 is 0 Å². The Kier molecular flexibility index (Phi) is 7.48. The zero-order valence-corrected chi connectivity index (χ0v) is 10.1. The predicted octanol–water partition coefficient (Wildman–Crippen LogP) is 4.28. The van der Waals surface area contributed by atoms with Crippen LogP contribution in [0.1, 0.15) is 58.8 Å². The molecular weight excluding hydrogens is 202 g/mol. The molecule has 0 aromatic carbocycles. The van der Waals surface area contributed by atoms with Gasteiger partial charge in [-0.3, -0.25) is 4.57 Å². The Labute approximate surface area is 86.5 Å². The Balaban J connectivity index is 3.59. The third-order valence-corrected chi connectivity index (χ3v) is 4.09. The highest BCUT2D eigenvalue weighted by atomic mass is 31.2. The van der Waals surface area contributed by atoms with E-state index in [1.807, 2.05) is 0 Å². The van der Waals surface area contributed by atoms with Gasteiger partial charge in [0.1, 0.15) is 0 Å². The minimum Gasteiger partial charge on any atom is -0.321 e. The van der Waals surface area contributed by atoms with E-state index in [-0.39, 0.29) is 0 Å². The molecule has 0 fully saturated rings. The maximum Gasteiger partial charge on any atom is 0.368 e. The lowest BCUT2D eigenvalue weighted by atomic mass is 10.1. The standard InChI is InChI=1S/C10H22FO2P/c1-3-5-6-7-8-9-10(4-2)14(11,12)13/h10H,3-9H2,1-2H3,(H,12,13). The van der Waals surface area contributed by atoms with Crippen LogP contribution in [-0.2, 0) is 4.57 Å². The first-order chi connectivity index (χ1) is 6.52. The van der Waals surface area contributed by atoms with Gasteiger partial charge in [0.15, 0.2) is 0 Å². The van der Waals surface area contributed by atoms with Crippen molar-refractivity contribution in [1.82, 2.24) is 0 Å². The fourth-order valence-corrected chi connectivity index (χ4v) is 2.52. The Morgan fingerprint density at radius 2 is 1.79 bits per heavy atom. The summed E-state index contributed by atoms with van der Waals surface area (Å²) in [6.45, 7) is 3.90. The van der Waals surface area contributed by atoms with Gasteiger partial charge >= 0.3 is 7.68 Å². The summed E-state index contributed by atoms with van der Waals surface area (Å²) in [5.41, 5.74) is -0.635. The molecule has 0 saturated heterocycles. The van der Waals surface area contributed by atoms with E-state index in [1.165, 1.54) is 12.8 Å². The molecular formula is C10H22FO2P. The molecule has 2 atom stereocenters. The predicted molar refractivity (Wildman–Crippen MR) is 58.4 cm³/mol. The van der Waals surface area contributed by atoms with E-state index in [0.717, 1.165) is 19.3 Å². The van der Waals surface area contributed by atoms with Crippen LogP contribution in [0.4, 0.5) is 4.20 Å². The zero-order valence-electron chi connectivity index (χ0n) is 9.21. The molecule has 0 heterocycles. The van der Waals surface area contributed by atoms with Gasteiger partial charge in [0.25, 0.3) is 0 Å². The van der Waals surface area contributed by atoms with Crippen LogP contribution in [0.25, 0.3) is 0 Å². The molecule has 0 bridgehead atoms. The topological polar surface area (TPSA) is 37.3 Å². The molecule has 4 heteroatoms. The molecule has 0 amide bonds. The molecule has 0 spiro atoms. The van der Waals surface area contributed by atoms with E-state index in [2.05, 4.69) is 6.92 Å². The Hall–Kier alpha value is 0.120. The van der Waals surface area contributed by atoms with Gasteiger partial charge in [-0.2, -0.15) is 4.20 Å². The smallest absolute Gasteiger partial charge is 0.321 e. The fourth-order valence-electron chi connectivity index (χ4n) is 1.57. The lowest BCUT2D eigenvalue weighted by Gasteiger charge is -2.14. The molecule has 1 N–H and O–H groups in total. The van der Waals surface area contributed by atoms with E-state index < -0.39 is 13.3 Å². The van der Waals surface area contributed by atoms with Crippen molar-refractivity contribution < 1.29 is 13.7 Å². The number of rotatable bonds is 8. The summed E-state index contributed by atoms with van der Waals surface area (Å²) in [5.74, 6) is 0. The van der Waals surface area contributed by atoms with Crippen molar-refractivity contribution in [3.05, 3.63) is 0 Å². The zero-order chi connectivity index (χ0) is 11.0. The Bertz CT molecular complexity index is 179. The molecule has 0 aliphatic carbocycles. The molecule has 0 aliphatic rings. The van der Waals surface area contributed by atoms with Gasteiger partial charge in [0.2, 0.25) is 0 Å². The molecule has 86 valence electrons. The van der Waals surface area contributed by atoms with Crippen molar-refractivity contribution in [2.45, 2.75) is 64.5 Å². The summed E-state index contributed by atoms with van der Waals surface area (Å²) >= 11 is 0. The van der Waals surface area contributed by atoms with Crippen LogP contribution in [0.5, 0.6) is 0 Å². The quantitative estimate of drug-likeness (QED) is 0.493. The van der Waals surface area contributed by atoms with E-state index in [1.54, 1.807) is 6.92 Å². The second-order valence-electron chi connectivity index (χ2n) is 3.81. The second-order valence-corrected chi connectivity index (χ2v) is 5.63. The van der Waals surface area contributed by atoms with Crippen molar-refractivity contribution in [2.24, 2.45) is 0 Å². The normalized spacial score (nSPS) is 17.7. The third-order valence-electron chi connectivity index (χ3n) is 2.56. The highest BCUT2D eigenvalue weighted by Gasteiger charge is 2.28. The molecule has 0 aliphatic heterocycles. The summed E-state index contributed by atoms with van der Waals surface area (Å²) in [4.78, 5) is 8.77. The summed E-state index contributed by atoms with van der Waals surface area (Å²) < 4.78 is 23.5. The summed E-state index contributed by atoms with van der Waals surface area (Å²) in [7, 11) is -4.33. The average Bonchev–Trinajstić information content (AvgIpc) is 2.09. The molecule has 0 radical (unpaired) electrons. The Morgan fingerprint density at radius 1 is 1.21 bits per heavy atom. The summed E-state index contributed by atoms with van der Waals surface area (Å²) in [5, 5.41) is 0. The van der Waals surface area contributed by atoms with Gasteiger partial charge in [-0.25, -0.2) is 0 Å². The summed E-state index contributed by atoms with van der Waals surface area (Å²) in [6.07, 6.45) is 6.44. The monoisotopic (exact) mass is 224 g/mol. The van der Waals surface area contributed by atoms with E-state index in [4.69, 9.17) is 4.89 Å². The van der Waals surface area contributed by atoms with Gasteiger partial charge in [-0.05, 0) is 12.8 Å². The van der Waals surface area contributed by atoms with Gasteiger partial charge < -0.3 is 4.89 Å². The molecule has 0 aromatic heterocycles.